The number of carbonyl (C=O) groups is 1. The van der Waals surface area contributed by atoms with Crippen molar-refractivity contribution in [2.24, 2.45) is 0 Å². The van der Waals surface area contributed by atoms with Crippen molar-refractivity contribution in [2.45, 2.75) is 46.6 Å². The fourth-order valence-electron chi connectivity index (χ4n) is 3.95. The van der Waals surface area contributed by atoms with E-state index in [0.29, 0.717) is 12.2 Å². The average molecular weight is 432 g/mol. The smallest absolute Gasteiger partial charge is 0.414 e. The first-order chi connectivity index (χ1) is 15.1. The lowest BCUT2D eigenvalue weighted by molar-refractivity contribution is 0.0349. The Balaban J connectivity index is 1.69. The first-order valence-electron chi connectivity index (χ1n) is 10.8. The maximum atomic E-state index is 12.4. The van der Waals surface area contributed by atoms with Crippen molar-refractivity contribution in [3.63, 3.8) is 0 Å². The number of methoxy groups -OCH3 is 1. The molecule has 2 aromatic heterocycles. The third kappa shape index (κ3) is 4.44. The molecule has 1 aliphatic heterocycles. The molecule has 1 aliphatic rings. The first-order valence-corrected chi connectivity index (χ1v) is 10.8. The van der Waals surface area contributed by atoms with Gasteiger partial charge in [0.05, 0.1) is 18.5 Å². The zero-order valence-corrected chi connectivity index (χ0v) is 19.5. The van der Waals surface area contributed by atoms with Gasteiger partial charge in [0, 0.05) is 23.7 Å². The summed E-state index contributed by atoms with van der Waals surface area (Å²) in [6, 6.07) is 12.2. The highest BCUT2D eigenvalue weighted by atomic mass is 16.6. The van der Waals surface area contributed by atoms with Crippen LogP contribution in [0.5, 0.6) is 5.75 Å². The largest absolute Gasteiger partial charge is 0.496 e. The van der Waals surface area contributed by atoms with Crippen LogP contribution in [0.25, 0.3) is 27.9 Å². The van der Waals surface area contributed by atoms with Gasteiger partial charge in [-0.3, -0.25) is 4.90 Å². The molecule has 0 saturated carbocycles. The second-order valence-corrected chi connectivity index (χ2v) is 9.18. The highest BCUT2D eigenvalue weighted by Crippen LogP contribution is 2.34. The molecule has 0 unspecified atom stereocenters. The fraction of sp³-hybridized carbons (Fsp3) is 0.346. The third-order valence-corrected chi connectivity index (χ3v) is 5.36. The summed E-state index contributed by atoms with van der Waals surface area (Å²) >= 11 is 0. The highest BCUT2D eigenvalue weighted by molar-refractivity contribution is 5.83. The number of aromatic nitrogens is 2. The van der Waals surface area contributed by atoms with E-state index in [1.165, 1.54) is 0 Å². The summed E-state index contributed by atoms with van der Waals surface area (Å²) in [5, 5.41) is 0.962. The Labute approximate surface area is 188 Å². The predicted molar refractivity (Wildman–Crippen MR) is 127 cm³/mol. The van der Waals surface area contributed by atoms with Gasteiger partial charge in [-0.2, -0.15) is 0 Å². The number of amides is 1. The van der Waals surface area contributed by atoms with Gasteiger partial charge in [-0.25, -0.2) is 14.8 Å². The number of fused-ring (bicyclic) bond motifs is 1. The molecule has 6 heteroatoms. The summed E-state index contributed by atoms with van der Waals surface area (Å²) in [4.78, 5) is 23.7. The molecule has 1 amide bonds. The van der Waals surface area contributed by atoms with Gasteiger partial charge in [-0.1, -0.05) is 6.07 Å². The molecule has 0 fully saturated rings. The number of rotatable bonds is 3. The molecular formula is C26H29N3O3. The monoisotopic (exact) mass is 431 g/mol. The van der Waals surface area contributed by atoms with E-state index in [2.05, 4.69) is 19.9 Å². The van der Waals surface area contributed by atoms with Crippen molar-refractivity contribution >= 4 is 22.7 Å². The summed E-state index contributed by atoms with van der Waals surface area (Å²) in [6.45, 7) is 10.3. The van der Waals surface area contributed by atoms with E-state index < -0.39 is 5.60 Å². The van der Waals surface area contributed by atoms with Gasteiger partial charge in [0.15, 0.2) is 5.65 Å². The molecule has 0 radical (unpaired) electrons. The standard InChI is InChI=1S/C26H29N3O3/c1-16-13-17(2)23(22(14-16)31-6)21-10-8-18-7-9-20(27-24(18)28-21)19-11-12-29(15-19)25(30)32-26(3,4)5/h7-10,13-15H,11-12H2,1-6H3. The topological polar surface area (TPSA) is 64.5 Å². The van der Waals surface area contributed by atoms with Crippen LogP contribution in [0, 0.1) is 13.8 Å². The number of carbonyl (C=O) groups excluding carboxylic acids is 1. The van der Waals surface area contributed by atoms with E-state index in [1.54, 1.807) is 12.0 Å². The van der Waals surface area contributed by atoms with E-state index >= 15 is 0 Å². The van der Waals surface area contributed by atoms with Crippen LogP contribution in [-0.2, 0) is 4.74 Å². The number of hydrogen-bond acceptors (Lipinski definition) is 5. The summed E-state index contributed by atoms with van der Waals surface area (Å²) in [5.74, 6) is 0.803. The first kappa shape index (κ1) is 21.8. The van der Waals surface area contributed by atoms with Crippen molar-refractivity contribution in [3.8, 4) is 17.0 Å². The van der Waals surface area contributed by atoms with Crippen molar-refractivity contribution in [2.75, 3.05) is 13.7 Å². The Hall–Kier alpha value is -3.41. The number of benzene rings is 1. The Kier molecular flexibility index (Phi) is 5.63. The molecular weight excluding hydrogens is 402 g/mol. The normalized spacial score (nSPS) is 13.9. The van der Waals surface area contributed by atoms with Crippen LogP contribution in [0.4, 0.5) is 4.79 Å². The molecule has 6 nitrogen and oxygen atoms in total. The summed E-state index contributed by atoms with van der Waals surface area (Å²) < 4.78 is 11.1. The zero-order valence-electron chi connectivity index (χ0n) is 19.5. The second-order valence-electron chi connectivity index (χ2n) is 9.18. The van der Waals surface area contributed by atoms with Crippen LogP contribution in [0.2, 0.25) is 0 Å². The molecule has 3 heterocycles. The molecule has 4 rings (SSSR count). The van der Waals surface area contributed by atoms with Crippen LogP contribution < -0.4 is 4.74 Å². The molecule has 166 valence electrons. The predicted octanol–water partition coefficient (Wildman–Crippen LogP) is 5.90. The highest BCUT2D eigenvalue weighted by Gasteiger charge is 2.25. The fourth-order valence-corrected chi connectivity index (χ4v) is 3.95. The van der Waals surface area contributed by atoms with Gasteiger partial charge < -0.3 is 9.47 Å². The van der Waals surface area contributed by atoms with E-state index in [1.807, 2.05) is 57.3 Å². The maximum absolute atomic E-state index is 12.4. The van der Waals surface area contributed by atoms with Gasteiger partial charge in [0.25, 0.3) is 0 Å². The Morgan fingerprint density at radius 1 is 1.03 bits per heavy atom. The number of hydrogen-bond donors (Lipinski definition) is 0. The van der Waals surface area contributed by atoms with Crippen LogP contribution in [0.15, 0.2) is 42.6 Å². The Morgan fingerprint density at radius 2 is 1.72 bits per heavy atom. The van der Waals surface area contributed by atoms with Crippen LogP contribution in [0.1, 0.15) is 44.0 Å². The minimum Gasteiger partial charge on any atom is -0.496 e. The van der Waals surface area contributed by atoms with Gasteiger partial charge in [0.2, 0.25) is 0 Å². The number of ether oxygens (including phenoxy) is 2. The van der Waals surface area contributed by atoms with Gasteiger partial charge in [-0.05, 0) is 88.1 Å². The number of nitrogens with zero attached hydrogens (tertiary/aromatic N) is 3. The molecule has 0 aliphatic carbocycles. The third-order valence-electron chi connectivity index (χ3n) is 5.36. The summed E-state index contributed by atoms with van der Waals surface area (Å²) in [7, 11) is 1.68. The maximum Gasteiger partial charge on any atom is 0.414 e. The molecule has 0 atom stereocenters. The summed E-state index contributed by atoms with van der Waals surface area (Å²) in [5.41, 5.74) is 6.01. The lowest BCUT2D eigenvalue weighted by Gasteiger charge is -2.23. The lowest BCUT2D eigenvalue weighted by atomic mass is 10.0. The number of aryl methyl sites for hydroxylation is 2. The minimum atomic E-state index is -0.523. The van der Waals surface area contributed by atoms with Gasteiger partial charge >= 0.3 is 6.09 Å². The van der Waals surface area contributed by atoms with Gasteiger partial charge in [-0.15, -0.1) is 0 Å². The van der Waals surface area contributed by atoms with Gasteiger partial charge in [0.1, 0.15) is 11.4 Å². The Bertz CT molecular complexity index is 1220. The minimum absolute atomic E-state index is 0.337. The van der Waals surface area contributed by atoms with E-state index in [0.717, 1.165) is 51.2 Å². The lowest BCUT2D eigenvalue weighted by Crippen LogP contribution is -2.32. The Morgan fingerprint density at radius 3 is 2.41 bits per heavy atom. The van der Waals surface area contributed by atoms with E-state index in [4.69, 9.17) is 19.4 Å². The SMILES string of the molecule is COc1cc(C)cc(C)c1-c1ccc2ccc(C3=CN(C(=O)OC(C)(C)C)CC3)nc2n1. The van der Waals surface area contributed by atoms with Crippen molar-refractivity contribution in [3.05, 3.63) is 59.4 Å². The molecule has 3 aromatic rings. The molecule has 1 aromatic carbocycles. The quantitative estimate of drug-likeness (QED) is 0.516. The second kappa shape index (κ2) is 8.26. The molecule has 32 heavy (non-hydrogen) atoms. The molecule has 0 N–H and O–H groups in total. The van der Waals surface area contributed by atoms with Crippen LogP contribution in [0.3, 0.4) is 0 Å². The van der Waals surface area contributed by atoms with Crippen molar-refractivity contribution < 1.29 is 14.3 Å². The zero-order chi connectivity index (χ0) is 23.0. The van der Waals surface area contributed by atoms with E-state index in [9.17, 15) is 4.79 Å². The molecule has 0 bridgehead atoms. The van der Waals surface area contributed by atoms with E-state index in [-0.39, 0.29) is 6.09 Å². The van der Waals surface area contributed by atoms with Crippen molar-refractivity contribution in [1.29, 1.82) is 0 Å². The molecule has 0 saturated heterocycles. The van der Waals surface area contributed by atoms with Crippen LogP contribution >= 0.6 is 0 Å². The summed E-state index contributed by atoms with van der Waals surface area (Å²) in [6.07, 6.45) is 2.22. The van der Waals surface area contributed by atoms with Crippen molar-refractivity contribution in [1.82, 2.24) is 14.9 Å². The molecule has 0 spiro atoms. The number of pyridine rings is 2. The van der Waals surface area contributed by atoms with Crippen LogP contribution in [-0.4, -0.2) is 40.2 Å². The average Bonchev–Trinajstić information content (AvgIpc) is 3.21.